The molecule has 0 spiro atoms. The average molecular weight is 403 g/mol. The van der Waals surface area contributed by atoms with E-state index in [-0.39, 0.29) is 5.92 Å². The molecule has 0 aliphatic carbocycles. The van der Waals surface area contributed by atoms with Crippen LogP contribution < -0.4 is 15.5 Å². The highest BCUT2D eigenvalue weighted by Crippen LogP contribution is 2.17. The third-order valence-corrected chi connectivity index (χ3v) is 5.48. The minimum atomic E-state index is 0.170. The Hall–Kier alpha value is -2.31. The molecule has 7 nitrogen and oxygen atoms in total. The molecular formula is C22H38N6O. The molecule has 1 amide bonds. The highest BCUT2D eigenvalue weighted by molar-refractivity contribution is 5.80. The lowest BCUT2D eigenvalue weighted by Crippen LogP contribution is -2.50. The highest BCUT2D eigenvalue weighted by atomic mass is 16.2. The summed E-state index contributed by atoms with van der Waals surface area (Å²) in [7, 11) is 3.97. The topological polar surface area (TPSA) is 72.9 Å². The van der Waals surface area contributed by atoms with Crippen molar-refractivity contribution in [1.29, 1.82) is 0 Å². The number of rotatable bonds is 8. The van der Waals surface area contributed by atoms with Crippen molar-refractivity contribution in [2.45, 2.75) is 59.0 Å². The van der Waals surface area contributed by atoms with Crippen LogP contribution in [0.15, 0.2) is 23.2 Å². The van der Waals surface area contributed by atoms with Gasteiger partial charge in [-0.25, -0.2) is 9.98 Å². The molecule has 0 unspecified atom stereocenters. The lowest BCUT2D eigenvalue weighted by Gasteiger charge is -2.34. The third kappa shape index (κ3) is 6.91. The minimum Gasteiger partial charge on any atom is -0.363 e. The molecular weight excluding hydrogens is 364 g/mol. The van der Waals surface area contributed by atoms with Crippen molar-refractivity contribution >= 4 is 17.7 Å². The zero-order chi connectivity index (χ0) is 21.2. The van der Waals surface area contributed by atoms with Gasteiger partial charge in [0.05, 0.1) is 12.2 Å². The van der Waals surface area contributed by atoms with Crippen LogP contribution in [0.25, 0.3) is 0 Å². The Morgan fingerprint density at radius 1 is 1.24 bits per heavy atom. The van der Waals surface area contributed by atoms with E-state index in [1.54, 1.807) is 0 Å². The summed E-state index contributed by atoms with van der Waals surface area (Å²) in [6, 6.07) is 6.34. The van der Waals surface area contributed by atoms with Crippen LogP contribution in [0.1, 0.15) is 52.1 Å². The van der Waals surface area contributed by atoms with Crippen molar-refractivity contribution in [3.8, 4) is 0 Å². The number of aliphatic imine (C=N–C) groups is 1. The molecule has 1 fully saturated rings. The Labute approximate surface area is 176 Å². The van der Waals surface area contributed by atoms with Gasteiger partial charge in [-0.2, -0.15) is 0 Å². The van der Waals surface area contributed by atoms with Gasteiger partial charge >= 0.3 is 0 Å². The first-order chi connectivity index (χ1) is 14.0. The summed E-state index contributed by atoms with van der Waals surface area (Å²) in [6.07, 6.45) is 3.75. The van der Waals surface area contributed by atoms with Gasteiger partial charge in [0.1, 0.15) is 5.82 Å². The fraction of sp³-hybridized carbons (Fsp3) is 0.682. The molecule has 1 aliphatic rings. The lowest BCUT2D eigenvalue weighted by molar-refractivity contribution is -0.136. The van der Waals surface area contributed by atoms with E-state index >= 15 is 0 Å². The molecule has 1 aliphatic heterocycles. The number of nitrogens with zero attached hydrogens (tertiary/aromatic N) is 4. The van der Waals surface area contributed by atoms with E-state index in [1.165, 1.54) is 0 Å². The third-order valence-electron chi connectivity index (χ3n) is 5.48. The molecule has 2 N–H and O–H groups in total. The SMILES string of the molecule is CCNC(=NCc1cccc(N(C)C)n1)NC1CCN(C(=O)C(CC)CC)CC1. The molecule has 29 heavy (non-hydrogen) atoms. The van der Waals surface area contributed by atoms with Crippen LogP contribution in [-0.4, -0.2) is 61.5 Å². The average Bonchev–Trinajstić information content (AvgIpc) is 2.73. The van der Waals surface area contributed by atoms with E-state index in [4.69, 9.17) is 4.99 Å². The van der Waals surface area contributed by atoms with Crippen LogP contribution in [0.4, 0.5) is 5.82 Å². The van der Waals surface area contributed by atoms with E-state index in [0.29, 0.717) is 18.5 Å². The van der Waals surface area contributed by atoms with Crippen molar-refractivity contribution in [2.75, 3.05) is 38.6 Å². The molecule has 2 heterocycles. The van der Waals surface area contributed by atoms with Gasteiger partial charge < -0.3 is 20.4 Å². The number of carbonyl (C=O) groups excluding carboxylic acids is 1. The van der Waals surface area contributed by atoms with Gasteiger partial charge in [-0.3, -0.25) is 4.79 Å². The number of likely N-dealkylation sites (tertiary alicyclic amines) is 1. The molecule has 0 saturated carbocycles. The Morgan fingerprint density at radius 2 is 1.93 bits per heavy atom. The summed E-state index contributed by atoms with van der Waals surface area (Å²) in [5.74, 6) is 2.24. The molecule has 1 aromatic heterocycles. The number of hydrogen-bond donors (Lipinski definition) is 2. The number of amides is 1. The van der Waals surface area contributed by atoms with Crippen LogP contribution in [0, 0.1) is 5.92 Å². The second kappa shape index (κ2) is 11.6. The number of piperidine rings is 1. The molecule has 7 heteroatoms. The summed E-state index contributed by atoms with van der Waals surface area (Å²) in [5.41, 5.74) is 0.944. The monoisotopic (exact) mass is 402 g/mol. The van der Waals surface area contributed by atoms with Crippen LogP contribution in [0.2, 0.25) is 0 Å². The molecule has 0 aromatic carbocycles. The Morgan fingerprint density at radius 3 is 2.52 bits per heavy atom. The van der Waals surface area contributed by atoms with Crippen LogP contribution >= 0.6 is 0 Å². The summed E-state index contributed by atoms with van der Waals surface area (Å²) < 4.78 is 0. The number of nitrogens with one attached hydrogen (secondary N) is 2. The molecule has 0 atom stereocenters. The Balaban J connectivity index is 1.91. The number of carbonyl (C=O) groups is 1. The predicted octanol–water partition coefficient (Wildman–Crippen LogP) is 2.63. The summed E-state index contributed by atoms with van der Waals surface area (Å²) in [6.45, 7) is 9.24. The van der Waals surface area contributed by atoms with Crippen molar-refractivity contribution in [3.05, 3.63) is 23.9 Å². The standard InChI is InChI=1S/C22H38N6O/c1-6-17(7-2)21(29)28-14-12-18(13-15-28)26-22(23-8-3)24-16-19-10-9-11-20(25-19)27(4)5/h9-11,17-18H,6-8,12-16H2,1-5H3,(H2,23,24,26). The highest BCUT2D eigenvalue weighted by Gasteiger charge is 2.26. The van der Waals surface area contributed by atoms with E-state index < -0.39 is 0 Å². The predicted molar refractivity (Wildman–Crippen MR) is 120 cm³/mol. The Bertz CT molecular complexity index is 663. The maximum absolute atomic E-state index is 12.6. The van der Waals surface area contributed by atoms with Crippen LogP contribution in [-0.2, 0) is 11.3 Å². The van der Waals surface area contributed by atoms with Gasteiger partial charge in [0.25, 0.3) is 0 Å². The maximum Gasteiger partial charge on any atom is 0.225 e. The van der Waals surface area contributed by atoms with Gasteiger partial charge in [0.2, 0.25) is 5.91 Å². The van der Waals surface area contributed by atoms with E-state index in [2.05, 4.69) is 36.4 Å². The molecule has 1 saturated heterocycles. The minimum absolute atomic E-state index is 0.170. The van der Waals surface area contributed by atoms with Gasteiger partial charge in [-0.05, 0) is 44.7 Å². The van der Waals surface area contributed by atoms with Gasteiger partial charge in [-0.1, -0.05) is 19.9 Å². The second-order valence-electron chi connectivity index (χ2n) is 7.83. The van der Waals surface area contributed by atoms with Gasteiger partial charge in [0, 0.05) is 45.7 Å². The van der Waals surface area contributed by atoms with Crippen LogP contribution in [0.3, 0.4) is 0 Å². The summed E-state index contributed by atoms with van der Waals surface area (Å²) in [5, 5.41) is 6.87. The first kappa shape index (κ1) is 23.0. The smallest absolute Gasteiger partial charge is 0.225 e. The molecule has 1 aromatic rings. The van der Waals surface area contributed by atoms with E-state index in [0.717, 1.165) is 62.8 Å². The summed E-state index contributed by atoms with van der Waals surface area (Å²) in [4.78, 5) is 26.0. The number of hydrogen-bond acceptors (Lipinski definition) is 4. The second-order valence-corrected chi connectivity index (χ2v) is 7.83. The zero-order valence-corrected chi connectivity index (χ0v) is 18.7. The van der Waals surface area contributed by atoms with Gasteiger partial charge in [-0.15, -0.1) is 0 Å². The molecule has 0 bridgehead atoms. The van der Waals surface area contributed by atoms with Crippen molar-refractivity contribution < 1.29 is 4.79 Å². The lowest BCUT2D eigenvalue weighted by atomic mass is 9.98. The fourth-order valence-corrected chi connectivity index (χ4v) is 3.62. The van der Waals surface area contributed by atoms with Crippen LogP contribution in [0.5, 0.6) is 0 Å². The summed E-state index contributed by atoms with van der Waals surface area (Å²) >= 11 is 0. The number of anilines is 1. The fourth-order valence-electron chi connectivity index (χ4n) is 3.62. The quantitative estimate of drug-likeness (QED) is 0.517. The first-order valence-corrected chi connectivity index (χ1v) is 10.9. The Kier molecular flexibility index (Phi) is 9.22. The van der Waals surface area contributed by atoms with Crippen molar-refractivity contribution in [2.24, 2.45) is 10.9 Å². The first-order valence-electron chi connectivity index (χ1n) is 10.9. The van der Waals surface area contributed by atoms with E-state index in [9.17, 15) is 4.79 Å². The normalized spacial score (nSPS) is 15.5. The largest absolute Gasteiger partial charge is 0.363 e. The van der Waals surface area contributed by atoms with Crippen molar-refractivity contribution in [3.63, 3.8) is 0 Å². The van der Waals surface area contributed by atoms with Gasteiger partial charge in [0.15, 0.2) is 5.96 Å². The zero-order valence-electron chi connectivity index (χ0n) is 18.7. The van der Waals surface area contributed by atoms with Crippen molar-refractivity contribution in [1.82, 2.24) is 20.5 Å². The number of aromatic nitrogens is 1. The molecule has 2 rings (SSSR count). The number of pyridine rings is 1. The van der Waals surface area contributed by atoms with E-state index in [1.807, 2.05) is 42.1 Å². The molecule has 162 valence electrons. The maximum atomic E-state index is 12.6. The molecule has 0 radical (unpaired) electrons. The number of guanidine groups is 1.